The molecule has 1 saturated carbocycles. The number of carbonyl (C=O) groups is 1. The quantitative estimate of drug-likeness (QED) is 0.891. The van der Waals surface area contributed by atoms with Gasteiger partial charge in [-0.2, -0.15) is 11.8 Å². The number of primary amides is 1. The Hall–Kier alpha value is -0.710. The van der Waals surface area contributed by atoms with E-state index in [1.807, 2.05) is 24.3 Å². The summed E-state index contributed by atoms with van der Waals surface area (Å²) in [5, 5.41) is 1.18. The molecule has 0 bridgehead atoms. The summed E-state index contributed by atoms with van der Waals surface area (Å²) in [6.45, 7) is 0. The fourth-order valence-electron chi connectivity index (χ4n) is 2.22. The third-order valence-corrected chi connectivity index (χ3v) is 5.15. The number of amides is 1. The zero-order chi connectivity index (χ0) is 13.2. The highest BCUT2D eigenvalue weighted by Crippen LogP contribution is 2.37. The monoisotopic (exact) mass is 284 g/mol. The molecule has 1 aromatic rings. The van der Waals surface area contributed by atoms with Crippen molar-refractivity contribution in [1.29, 1.82) is 0 Å². The number of hydrogen-bond acceptors (Lipinski definition) is 3. The first-order chi connectivity index (χ1) is 8.51. The molecular weight excluding hydrogens is 268 g/mol. The Bertz CT molecular complexity index is 454. The van der Waals surface area contributed by atoms with Crippen LogP contribution in [0.1, 0.15) is 24.8 Å². The molecule has 1 aliphatic carbocycles. The van der Waals surface area contributed by atoms with Crippen LogP contribution in [0.4, 0.5) is 0 Å². The molecule has 5 heteroatoms. The number of benzene rings is 1. The minimum atomic E-state index is -0.807. The van der Waals surface area contributed by atoms with Crippen LogP contribution in [-0.2, 0) is 10.5 Å². The molecule has 0 radical (unpaired) electrons. The largest absolute Gasteiger partial charge is 0.368 e. The van der Waals surface area contributed by atoms with Crippen LogP contribution >= 0.6 is 23.4 Å². The molecule has 3 nitrogen and oxygen atoms in total. The van der Waals surface area contributed by atoms with Crippen LogP contribution in [-0.4, -0.2) is 16.7 Å². The van der Waals surface area contributed by atoms with Crippen molar-refractivity contribution in [3.8, 4) is 0 Å². The van der Waals surface area contributed by atoms with E-state index in [0.29, 0.717) is 18.1 Å². The summed E-state index contributed by atoms with van der Waals surface area (Å²) < 4.78 is 0. The Morgan fingerprint density at radius 2 is 2.22 bits per heavy atom. The molecule has 1 aromatic carbocycles. The molecule has 2 atom stereocenters. The Morgan fingerprint density at radius 3 is 2.83 bits per heavy atom. The normalized spacial score (nSPS) is 27.3. The van der Waals surface area contributed by atoms with Crippen molar-refractivity contribution in [3.05, 3.63) is 34.9 Å². The number of halogens is 1. The fraction of sp³-hybridized carbons (Fsp3) is 0.462. The van der Waals surface area contributed by atoms with Gasteiger partial charge in [-0.3, -0.25) is 4.79 Å². The number of hydrogen-bond donors (Lipinski definition) is 2. The van der Waals surface area contributed by atoms with Gasteiger partial charge in [0.25, 0.3) is 0 Å². The van der Waals surface area contributed by atoms with Crippen molar-refractivity contribution in [2.24, 2.45) is 11.5 Å². The van der Waals surface area contributed by atoms with Gasteiger partial charge in [0.1, 0.15) is 0 Å². The van der Waals surface area contributed by atoms with Gasteiger partial charge in [0.15, 0.2) is 0 Å². The molecule has 0 aromatic heterocycles. The smallest absolute Gasteiger partial charge is 0.237 e. The summed E-state index contributed by atoms with van der Waals surface area (Å²) in [7, 11) is 0. The maximum atomic E-state index is 11.3. The van der Waals surface area contributed by atoms with Crippen molar-refractivity contribution >= 4 is 29.3 Å². The van der Waals surface area contributed by atoms with Crippen LogP contribution in [0.5, 0.6) is 0 Å². The minimum Gasteiger partial charge on any atom is -0.368 e. The highest BCUT2D eigenvalue weighted by Gasteiger charge is 2.40. The van der Waals surface area contributed by atoms with Gasteiger partial charge in [0, 0.05) is 16.0 Å². The van der Waals surface area contributed by atoms with E-state index in [-0.39, 0.29) is 5.91 Å². The number of thioether (sulfide) groups is 1. The van der Waals surface area contributed by atoms with E-state index in [9.17, 15) is 4.79 Å². The minimum absolute atomic E-state index is 0.386. The van der Waals surface area contributed by atoms with Crippen molar-refractivity contribution in [2.75, 3.05) is 0 Å². The molecule has 1 fully saturated rings. The summed E-state index contributed by atoms with van der Waals surface area (Å²) in [6, 6.07) is 7.81. The van der Waals surface area contributed by atoms with Crippen LogP contribution in [0.3, 0.4) is 0 Å². The van der Waals surface area contributed by atoms with Gasteiger partial charge in [-0.25, -0.2) is 0 Å². The van der Waals surface area contributed by atoms with Gasteiger partial charge in [-0.05, 0) is 30.9 Å². The molecule has 18 heavy (non-hydrogen) atoms. The Balaban J connectivity index is 1.90. The molecule has 2 rings (SSSR count). The van der Waals surface area contributed by atoms with Gasteiger partial charge in [-0.1, -0.05) is 29.8 Å². The van der Waals surface area contributed by atoms with E-state index in [1.54, 1.807) is 11.8 Å². The molecule has 1 aliphatic rings. The molecule has 0 spiro atoms. The molecule has 1 amide bonds. The van der Waals surface area contributed by atoms with E-state index in [0.717, 1.165) is 22.8 Å². The lowest BCUT2D eigenvalue weighted by Gasteiger charge is -2.19. The van der Waals surface area contributed by atoms with Crippen LogP contribution < -0.4 is 11.5 Å². The van der Waals surface area contributed by atoms with Crippen LogP contribution in [0.2, 0.25) is 5.02 Å². The van der Waals surface area contributed by atoms with Gasteiger partial charge in [0.2, 0.25) is 5.91 Å². The fourth-order valence-corrected chi connectivity index (χ4v) is 3.87. The predicted octanol–water partition coefficient (Wildman–Crippen LogP) is 2.31. The van der Waals surface area contributed by atoms with Gasteiger partial charge >= 0.3 is 0 Å². The third-order valence-electron chi connectivity index (χ3n) is 3.43. The van der Waals surface area contributed by atoms with Crippen molar-refractivity contribution in [3.63, 3.8) is 0 Å². The average Bonchev–Trinajstić information content (AvgIpc) is 2.72. The molecular formula is C13H17ClN2OS. The van der Waals surface area contributed by atoms with E-state index in [1.165, 1.54) is 0 Å². The lowest BCUT2D eigenvalue weighted by molar-refractivity contribution is -0.122. The van der Waals surface area contributed by atoms with Gasteiger partial charge < -0.3 is 11.5 Å². The maximum Gasteiger partial charge on any atom is 0.237 e. The van der Waals surface area contributed by atoms with E-state index < -0.39 is 5.54 Å². The Morgan fingerprint density at radius 1 is 1.50 bits per heavy atom. The van der Waals surface area contributed by atoms with Crippen molar-refractivity contribution in [2.45, 2.75) is 35.8 Å². The average molecular weight is 285 g/mol. The summed E-state index contributed by atoms with van der Waals surface area (Å²) in [4.78, 5) is 11.3. The first-order valence-corrected chi connectivity index (χ1v) is 7.38. The molecule has 0 aliphatic heterocycles. The topological polar surface area (TPSA) is 69.1 Å². The second-order valence-electron chi connectivity index (χ2n) is 4.79. The first-order valence-electron chi connectivity index (χ1n) is 5.95. The van der Waals surface area contributed by atoms with Crippen molar-refractivity contribution in [1.82, 2.24) is 0 Å². The summed E-state index contributed by atoms with van der Waals surface area (Å²) >= 11 is 7.90. The number of carbonyl (C=O) groups excluding carboxylic acids is 1. The highest BCUT2D eigenvalue weighted by molar-refractivity contribution is 7.99. The Kier molecular flexibility index (Phi) is 4.20. The van der Waals surface area contributed by atoms with Gasteiger partial charge in [0.05, 0.1) is 5.54 Å². The van der Waals surface area contributed by atoms with E-state index in [4.69, 9.17) is 23.1 Å². The summed E-state index contributed by atoms with van der Waals surface area (Å²) in [5.41, 5.74) is 11.6. The summed E-state index contributed by atoms with van der Waals surface area (Å²) in [6.07, 6.45) is 2.29. The predicted molar refractivity (Wildman–Crippen MR) is 76.5 cm³/mol. The molecule has 2 unspecified atom stereocenters. The Labute approximate surface area is 116 Å². The molecule has 98 valence electrons. The SMILES string of the molecule is NC(=O)C1(N)CCC(SCc2ccccc2Cl)C1. The standard InChI is InChI=1S/C13H17ClN2OS/c14-11-4-2-1-3-9(11)8-18-10-5-6-13(16,7-10)12(15)17/h1-4,10H,5-8,16H2,(H2,15,17). The van der Waals surface area contributed by atoms with Gasteiger partial charge in [-0.15, -0.1) is 0 Å². The number of rotatable bonds is 4. The van der Waals surface area contributed by atoms with Crippen LogP contribution in [0, 0.1) is 0 Å². The summed E-state index contributed by atoms with van der Waals surface area (Å²) in [5.74, 6) is 0.461. The number of nitrogens with two attached hydrogens (primary N) is 2. The third kappa shape index (κ3) is 2.99. The van der Waals surface area contributed by atoms with Crippen LogP contribution in [0.15, 0.2) is 24.3 Å². The highest BCUT2D eigenvalue weighted by atomic mass is 35.5. The van der Waals surface area contributed by atoms with Crippen LogP contribution in [0.25, 0.3) is 0 Å². The molecule has 0 heterocycles. The molecule has 4 N–H and O–H groups in total. The zero-order valence-corrected chi connectivity index (χ0v) is 11.6. The first kappa shape index (κ1) is 13.7. The van der Waals surface area contributed by atoms with E-state index >= 15 is 0 Å². The van der Waals surface area contributed by atoms with Crippen molar-refractivity contribution < 1.29 is 4.79 Å². The maximum absolute atomic E-state index is 11.3. The zero-order valence-electron chi connectivity index (χ0n) is 10.1. The lowest BCUT2D eigenvalue weighted by Crippen LogP contribution is -2.50. The second kappa shape index (κ2) is 5.51. The lowest BCUT2D eigenvalue weighted by atomic mass is 9.99. The second-order valence-corrected chi connectivity index (χ2v) is 6.48. The molecule has 0 saturated heterocycles. The van der Waals surface area contributed by atoms with E-state index in [2.05, 4.69) is 0 Å².